The molecule has 0 atom stereocenters. The van der Waals surface area contributed by atoms with Crippen molar-refractivity contribution < 1.29 is 0 Å². The van der Waals surface area contributed by atoms with E-state index < -0.39 is 14.5 Å². The summed E-state index contributed by atoms with van der Waals surface area (Å²) >= 11 is 0. The second-order valence-electron chi connectivity index (χ2n) is 16.0. The van der Waals surface area contributed by atoms with Crippen LogP contribution in [0.2, 0.25) is 0 Å². The Bertz CT molecular complexity index is 723. The normalized spacial score (nSPS) is 13.0. The Morgan fingerprint density at radius 1 is 0.326 bits per heavy atom. The maximum atomic E-state index is 2.77. The average molecular weight is 679 g/mol. The molecule has 0 spiro atoms. The Morgan fingerprint density at radius 2 is 0.587 bits per heavy atom. The van der Waals surface area contributed by atoms with Crippen LogP contribution in [-0.2, 0) is 12.3 Å². The van der Waals surface area contributed by atoms with Gasteiger partial charge in [0.25, 0.3) is 0 Å². The van der Waals surface area contributed by atoms with E-state index in [0.29, 0.717) is 0 Å². The molecule has 274 valence electrons. The van der Waals surface area contributed by atoms with Crippen LogP contribution in [0, 0.1) is 0 Å². The molecule has 0 fully saturated rings. The van der Waals surface area contributed by atoms with Gasteiger partial charge in [-0.25, -0.2) is 0 Å². The standard InChI is InChI=1S/C44H88P2/c1-7-13-19-22-25-28-37-46(38-29-26-23-20-14-8-2,39-30-27-24-21-15-9-3)42-44-33-31-32-43(40-44)41-45(34-16-10-4,35-17-11-5)36-18-12-6/h31-33,40,45-46H,7-30,34-39,41-42H2,1-6H3. The molecule has 2 heteroatoms. The molecule has 0 heterocycles. The zero-order valence-corrected chi connectivity index (χ0v) is 34.9. The molecule has 0 radical (unpaired) electrons. The molecular formula is C44H88P2. The SMILES string of the molecule is CCCCCCCC[PH](CCCCCCCC)(CCCCCCCC)Cc1cccc(C[PH](CCCC)(CCCC)CCCC)c1. The van der Waals surface area contributed by atoms with Gasteiger partial charge in [-0.1, -0.05) is 0 Å². The Labute approximate surface area is 293 Å². The molecule has 1 aromatic rings. The van der Waals surface area contributed by atoms with Crippen molar-refractivity contribution in [1.82, 2.24) is 0 Å². The summed E-state index contributed by atoms with van der Waals surface area (Å²) in [5, 5.41) is 0. The Hall–Kier alpha value is 0.0800. The molecule has 0 aliphatic rings. The quantitative estimate of drug-likeness (QED) is 0.0503. The first-order valence-corrected chi connectivity index (χ1v) is 27.3. The molecule has 0 N–H and O–H groups in total. The van der Waals surface area contributed by atoms with E-state index in [0.717, 1.165) is 0 Å². The van der Waals surface area contributed by atoms with Gasteiger partial charge in [0.2, 0.25) is 0 Å². The molecule has 0 unspecified atom stereocenters. The first kappa shape index (κ1) is 44.1. The fourth-order valence-corrected chi connectivity index (χ4v) is 19.5. The van der Waals surface area contributed by atoms with Crippen LogP contribution >= 0.6 is 14.5 Å². The van der Waals surface area contributed by atoms with Gasteiger partial charge in [0.1, 0.15) is 0 Å². The van der Waals surface area contributed by atoms with E-state index in [9.17, 15) is 0 Å². The minimum atomic E-state index is -1.38. The maximum absolute atomic E-state index is 2.77. The van der Waals surface area contributed by atoms with Crippen molar-refractivity contribution in [1.29, 1.82) is 0 Å². The van der Waals surface area contributed by atoms with E-state index >= 15 is 0 Å². The third-order valence-corrected chi connectivity index (χ3v) is 22.3. The van der Waals surface area contributed by atoms with Crippen LogP contribution in [0.3, 0.4) is 0 Å². The number of hydrogen-bond acceptors (Lipinski definition) is 0. The van der Waals surface area contributed by atoms with Gasteiger partial charge in [0.05, 0.1) is 0 Å². The fraction of sp³-hybridized carbons (Fsp3) is 0.864. The van der Waals surface area contributed by atoms with Crippen molar-refractivity contribution in [3.05, 3.63) is 35.4 Å². The van der Waals surface area contributed by atoms with E-state index in [1.165, 1.54) is 166 Å². The Kier molecular flexibility index (Phi) is 28.7. The van der Waals surface area contributed by atoms with Crippen LogP contribution in [0.1, 0.15) is 207 Å². The summed E-state index contributed by atoms with van der Waals surface area (Å²) in [7, 11) is -2.66. The fourth-order valence-electron chi connectivity index (χ4n) is 8.49. The Balaban J connectivity index is 3.23. The molecule has 0 aliphatic carbocycles. The summed E-state index contributed by atoms with van der Waals surface area (Å²) < 4.78 is 0. The molecule has 0 saturated heterocycles. The monoisotopic (exact) mass is 679 g/mol. The molecule has 0 bridgehead atoms. The topological polar surface area (TPSA) is 0 Å². The van der Waals surface area contributed by atoms with Gasteiger partial charge in [-0.15, -0.1) is 0 Å². The molecule has 1 aromatic carbocycles. The molecule has 0 amide bonds. The van der Waals surface area contributed by atoms with Crippen molar-refractivity contribution in [2.75, 3.05) is 37.0 Å². The number of hydrogen-bond donors (Lipinski definition) is 0. The van der Waals surface area contributed by atoms with Gasteiger partial charge >= 0.3 is 295 Å². The van der Waals surface area contributed by atoms with Crippen molar-refractivity contribution in [3.8, 4) is 0 Å². The third kappa shape index (κ3) is 21.2. The van der Waals surface area contributed by atoms with Gasteiger partial charge in [0.15, 0.2) is 0 Å². The summed E-state index contributed by atoms with van der Waals surface area (Å²) in [5.74, 6) is 0. The second kappa shape index (κ2) is 29.9. The summed E-state index contributed by atoms with van der Waals surface area (Å²) in [5.41, 5.74) is 3.48. The summed E-state index contributed by atoms with van der Waals surface area (Å²) in [6.45, 7) is 14.3. The number of benzene rings is 1. The molecular weight excluding hydrogens is 590 g/mol. The molecule has 46 heavy (non-hydrogen) atoms. The van der Waals surface area contributed by atoms with Gasteiger partial charge in [0, 0.05) is 0 Å². The van der Waals surface area contributed by atoms with E-state index in [-0.39, 0.29) is 0 Å². The summed E-state index contributed by atoms with van der Waals surface area (Å²) in [6.07, 6.45) is 47.2. The van der Waals surface area contributed by atoms with Crippen LogP contribution in [-0.4, -0.2) is 37.0 Å². The molecule has 0 nitrogen and oxygen atoms in total. The minimum absolute atomic E-state index is 1.28. The van der Waals surface area contributed by atoms with Crippen LogP contribution in [0.5, 0.6) is 0 Å². The zero-order chi connectivity index (χ0) is 33.6. The van der Waals surface area contributed by atoms with Crippen molar-refractivity contribution in [2.45, 2.75) is 208 Å². The average Bonchev–Trinajstić information content (AvgIpc) is 3.06. The van der Waals surface area contributed by atoms with Crippen LogP contribution < -0.4 is 0 Å². The van der Waals surface area contributed by atoms with E-state index in [4.69, 9.17) is 0 Å². The summed E-state index contributed by atoms with van der Waals surface area (Å²) in [4.78, 5) is 0. The molecule has 0 saturated carbocycles. The molecule has 0 aromatic heterocycles. The second-order valence-corrected chi connectivity index (χ2v) is 25.7. The van der Waals surface area contributed by atoms with Crippen molar-refractivity contribution in [2.24, 2.45) is 0 Å². The molecule has 1 rings (SSSR count). The van der Waals surface area contributed by atoms with E-state index in [1.807, 2.05) is 0 Å². The van der Waals surface area contributed by atoms with E-state index in [2.05, 4.69) is 65.8 Å². The Morgan fingerprint density at radius 3 is 0.891 bits per heavy atom. The first-order chi connectivity index (χ1) is 22.5. The molecule has 0 aliphatic heterocycles. The number of rotatable bonds is 34. The predicted molar refractivity (Wildman–Crippen MR) is 225 cm³/mol. The zero-order valence-electron chi connectivity index (χ0n) is 32.9. The van der Waals surface area contributed by atoms with Crippen LogP contribution in [0.15, 0.2) is 24.3 Å². The van der Waals surface area contributed by atoms with Gasteiger partial charge < -0.3 is 0 Å². The van der Waals surface area contributed by atoms with E-state index in [1.54, 1.807) is 48.1 Å². The van der Waals surface area contributed by atoms with Crippen molar-refractivity contribution in [3.63, 3.8) is 0 Å². The van der Waals surface area contributed by atoms with Crippen LogP contribution in [0.4, 0.5) is 0 Å². The van der Waals surface area contributed by atoms with Gasteiger partial charge in [-0.2, -0.15) is 0 Å². The summed E-state index contributed by atoms with van der Waals surface area (Å²) in [6, 6.07) is 10.4. The predicted octanol–water partition coefficient (Wildman–Crippen LogP) is 15.7. The van der Waals surface area contributed by atoms with Crippen LogP contribution in [0.25, 0.3) is 0 Å². The van der Waals surface area contributed by atoms with Gasteiger partial charge in [-0.3, -0.25) is 0 Å². The van der Waals surface area contributed by atoms with Crippen molar-refractivity contribution >= 4 is 14.5 Å². The van der Waals surface area contributed by atoms with Gasteiger partial charge in [-0.05, 0) is 0 Å². The first-order valence-electron chi connectivity index (χ1n) is 21.6. The third-order valence-electron chi connectivity index (χ3n) is 11.5. The number of unbranched alkanes of at least 4 members (excludes halogenated alkanes) is 18.